The second-order valence-electron chi connectivity index (χ2n) is 4.08. The summed E-state index contributed by atoms with van der Waals surface area (Å²) >= 11 is 0. The quantitative estimate of drug-likeness (QED) is 0.439. The molecule has 0 fully saturated rings. The minimum atomic E-state index is -0.774. The number of aliphatic hydroxyl groups excluding tert-OH is 1. The second kappa shape index (κ2) is 8.65. The molecule has 1 unspecified atom stereocenters. The highest BCUT2D eigenvalue weighted by Crippen LogP contribution is 2.09. The lowest BCUT2D eigenvalue weighted by atomic mass is 10.1. The lowest BCUT2D eigenvalue weighted by Crippen LogP contribution is -2.23. The van der Waals surface area contributed by atoms with Crippen LogP contribution in [-0.4, -0.2) is 42.6 Å². The first-order valence-corrected chi connectivity index (χ1v) is 6.27. The summed E-state index contributed by atoms with van der Waals surface area (Å²) in [7, 11) is 0. The Morgan fingerprint density at radius 3 is 2.67 bits per heavy atom. The van der Waals surface area contributed by atoms with Crippen molar-refractivity contribution in [2.45, 2.75) is 12.5 Å². The van der Waals surface area contributed by atoms with Crippen LogP contribution in [0.2, 0.25) is 0 Å². The summed E-state index contributed by atoms with van der Waals surface area (Å²) in [6.45, 7) is 2.80. The number of carbonyl (C=O) groups is 3. The van der Waals surface area contributed by atoms with Gasteiger partial charge in [-0.3, -0.25) is 4.79 Å². The molecule has 21 heavy (non-hydrogen) atoms. The Balaban J connectivity index is 2.51. The smallest absolute Gasteiger partial charge is 0.338 e. The van der Waals surface area contributed by atoms with Crippen LogP contribution in [0.1, 0.15) is 27.1 Å². The first-order valence-electron chi connectivity index (χ1n) is 6.27. The van der Waals surface area contributed by atoms with Gasteiger partial charge in [0.1, 0.15) is 6.10 Å². The van der Waals surface area contributed by atoms with E-state index >= 15 is 0 Å². The van der Waals surface area contributed by atoms with Crippen LogP contribution in [0.15, 0.2) is 36.9 Å². The van der Waals surface area contributed by atoms with E-state index in [9.17, 15) is 14.4 Å². The van der Waals surface area contributed by atoms with Gasteiger partial charge in [-0.2, -0.15) is 0 Å². The van der Waals surface area contributed by atoms with Crippen LogP contribution in [0.25, 0.3) is 0 Å². The predicted octanol–water partition coefficient (Wildman–Crippen LogP) is 1.14. The minimum absolute atomic E-state index is 0.0539. The van der Waals surface area contributed by atoms with E-state index in [1.54, 1.807) is 12.1 Å². The first-order chi connectivity index (χ1) is 10.1. The van der Waals surface area contributed by atoms with Gasteiger partial charge in [0, 0.05) is 18.1 Å². The second-order valence-corrected chi connectivity index (χ2v) is 4.08. The van der Waals surface area contributed by atoms with Crippen LogP contribution in [0.5, 0.6) is 0 Å². The average molecular weight is 292 g/mol. The van der Waals surface area contributed by atoms with Crippen LogP contribution in [0, 0.1) is 0 Å². The van der Waals surface area contributed by atoms with Crippen LogP contribution < -0.4 is 0 Å². The highest BCUT2D eigenvalue weighted by molar-refractivity contribution is 5.98. The van der Waals surface area contributed by atoms with Crippen molar-refractivity contribution in [2.24, 2.45) is 0 Å². The van der Waals surface area contributed by atoms with Crippen molar-refractivity contribution >= 4 is 18.2 Å². The number of carbonyl (C=O) groups excluding carboxylic acids is 3. The van der Waals surface area contributed by atoms with Gasteiger partial charge in [0.15, 0.2) is 6.29 Å². The molecule has 1 N–H and O–H groups in total. The molecule has 0 bridgehead atoms. The molecule has 0 saturated heterocycles. The Hall–Kier alpha value is -2.47. The molecule has 1 rings (SSSR count). The molecule has 6 nitrogen and oxygen atoms in total. The average Bonchev–Trinajstić information content (AvgIpc) is 2.53. The van der Waals surface area contributed by atoms with E-state index in [0.717, 1.165) is 6.08 Å². The molecule has 0 aromatic heterocycles. The third-order valence-corrected chi connectivity index (χ3v) is 2.63. The van der Waals surface area contributed by atoms with Crippen molar-refractivity contribution in [3.8, 4) is 0 Å². The first kappa shape index (κ1) is 16.6. The molecule has 0 aliphatic rings. The number of ether oxygens (including phenoxy) is 2. The van der Waals surface area contributed by atoms with Gasteiger partial charge in [0.25, 0.3) is 0 Å². The van der Waals surface area contributed by atoms with Crippen LogP contribution in [0.3, 0.4) is 0 Å². The number of benzene rings is 1. The zero-order valence-electron chi connectivity index (χ0n) is 11.4. The SMILES string of the molecule is C=CC(=O)OC(CO)CCOC(=O)c1ccccc1C=O. The number of rotatable bonds is 8. The largest absolute Gasteiger partial charge is 0.462 e. The van der Waals surface area contributed by atoms with Crippen molar-refractivity contribution in [3.63, 3.8) is 0 Å². The summed E-state index contributed by atoms with van der Waals surface area (Å²) < 4.78 is 9.82. The summed E-state index contributed by atoms with van der Waals surface area (Å²) in [6, 6.07) is 6.24. The monoisotopic (exact) mass is 292 g/mol. The number of hydrogen-bond acceptors (Lipinski definition) is 6. The molecule has 6 heteroatoms. The summed E-state index contributed by atoms with van der Waals surface area (Å²) in [4.78, 5) is 33.6. The molecular weight excluding hydrogens is 276 g/mol. The Kier molecular flexibility index (Phi) is 6.83. The maximum atomic E-state index is 11.8. The lowest BCUT2D eigenvalue weighted by molar-refractivity contribution is -0.145. The topological polar surface area (TPSA) is 89.9 Å². The van der Waals surface area contributed by atoms with Gasteiger partial charge in [-0.15, -0.1) is 0 Å². The molecule has 0 aliphatic carbocycles. The third-order valence-electron chi connectivity index (χ3n) is 2.63. The molecular formula is C15H16O6. The lowest BCUT2D eigenvalue weighted by Gasteiger charge is -2.14. The van der Waals surface area contributed by atoms with Crippen LogP contribution in [-0.2, 0) is 14.3 Å². The van der Waals surface area contributed by atoms with Crippen molar-refractivity contribution < 1.29 is 29.0 Å². The summed E-state index contributed by atoms with van der Waals surface area (Å²) in [5.41, 5.74) is 0.399. The van der Waals surface area contributed by atoms with Crippen molar-refractivity contribution in [2.75, 3.05) is 13.2 Å². The van der Waals surface area contributed by atoms with Crippen molar-refractivity contribution in [1.29, 1.82) is 0 Å². The molecule has 0 heterocycles. The van der Waals surface area contributed by atoms with E-state index < -0.39 is 18.0 Å². The molecule has 112 valence electrons. The van der Waals surface area contributed by atoms with E-state index in [2.05, 4.69) is 6.58 Å². The summed E-state index contributed by atoms with van der Waals surface area (Å²) in [5, 5.41) is 9.04. The standard InChI is InChI=1S/C15H16O6/c1-2-14(18)21-12(10-17)7-8-20-15(19)13-6-4-3-5-11(13)9-16/h2-6,9,12,17H,1,7-8,10H2. The zero-order valence-corrected chi connectivity index (χ0v) is 11.4. The fraction of sp³-hybridized carbons (Fsp3) is 0.267. The summed E-state index contributed by atoms with van der Waals surface area (Å²) in [6.07, 6.45) is 0.920. The normalized spacial score (nSPS) is 11.3. The molecule has 1 aromatic rings. The van der Waals surface area contributed by atoms with E-state index in [1.807, 2.05) is 0 Å². The Morgan fingerprint density at radius 1 is 1.33 bits per heavy atom. The Bertz CT molecular complexity index is 523. The minimum Gasteiger partial charge on any atom is -0.462 e. The number of aliphatic hydroxyl groups is 1. The molecule has 0 amide bonds. The molecule has 1 atom stereocenters. The van der Waals surface area contributed by atoms with Crippen LogP contribution >= 0.6 is 0 Å². The third kappa shape index (κ3) is 5.19. The predicted molar refractivity (Wildman–Crippen MR) is 73.9 cm³/mol. The summed E-state index contributed by atoms with van der Waals surface area (Å²) in [5.74, 6) is -1.31. The zero-order chi connectivity index (χ0) is 15.7. The molecule has 0 aliphatic heterocycles. The molecule has 1 aromatic carbocycles. The van der Waals surface area contributed by atoms with Gasteiger partial charge in [-0.05, 0) is 6.07 Å². The fourth-order valence-corrected chi connectivity index (χ4v) is 1.55. The highest BCUT2D eigenvalue weighted by atomic mass is 16.6. The van der Waals surface area contributed by atoms with Gasteiger partial charge in [-0.1, -0.05) is 24.8 Å². The van der Waals surface area contributed by atoms with Gasteiger partial charge in [-0.25, -0.2) is 9.59 Å². The van der Waals surface area contributed by atoms with E-state index in [1.165, 1.54) is 12.1 Å². The molecule has 0 radical (unpaired) electrons. The van der Waals surface area contributed by atoms with Crippen molar-refractivity contribution in [3.05, 3.63) is 48.0 Å². The van der Waals surface area contributed by atoms with Gasteiger partial charge < -0.3 is 14.6 Å². The Morgan fingerprint density at radius 2 is 2.05 bits per heavy atom. The van der Waals surface area contributed by atoms with E-state index in [-0.39, 0.29) is 30.8 Å². The molecule has 0 spiro atoms. The van der Waals surface area contributed by atoms with Gasteiger partial charge in [0.2, 0.25) is 0 Å². The highest BCUT2D eigenvalue weighted by Gasteiger charge is 2.15. The number of aldehydes is 1. The molecule has 0 saturated carbocycles. The number of hydrogen-bond donors (Lipinski definition) is 1. The van der Waals surface area contributed by atoms with Crippen molar-refractivity contribution in [1.82, 2.24) is 0 Å². The van der Waals surface area contributed by atoms with Gasteiger partial charge in [0.05, 0.1) is 18.8 Å². The number of esters is 2. The maximum Gasteiger partial charge on any atom is 0.338 e. The van der Waals surface area contributed by atoms with E-state index in [4.69, 9.17) is 14.6 Å². The van der Waals surface area contributed by atoms with Crippen LogP contribution in [0.4, 0.5) is 0 Å². The fourth-order valence-electron chi connectivity index (χ4n) is 1.55. The van der Waals surface area contributed by atoms with E-state index in [0.29, 0.717) is 6.29 Å². The maximum absolute atomic E-state index is 11.8. The Labute approximate surface area is 122 Å². The van der Waals surface area contributed by atoms with Gasteiger partial charge >= 0.3 is 11.9 Å².